The van der Waals surface area contributed by atoms with Crippen LogP contribution in [0.3, 0.4) is 0 Å². The number of hydrogen-bond acceptors (Lipinski definition) is 5. The van der Waals surface area contributed by atoms with Crippen molar-refractivity contribution in [2.75, 3.05) is 26.8 Å². The molecule has 148 valence electrons. The van der Waals surface area contributed by atoms with E-state index in [0.717, 1.165) is 0 Å². The number of carbonyl (C=O) groups excluding carboxylic acids is 2. The first kappa shape index (κ1) is 20.7. The maximum absolute atomic E-state index is 12.3. The molecule has 1 amide bonds. The normalized spacial score (nSPS) is 19.4. The molecule has 2 rings (SSSR count). The summed E-state index contributed by atoms with van der Waals surface area (Å²) in [7, 11) is 1.51. The van der Waals surface area contributed by atoms with Crippen LogP contribution in [0.25, 0.3) is 0 Å². The molecule has 0 saturated carbocycles. The second-order valence-electron chi connectivity index (χ2n) is 6.92. The fraction of sp³-hybridized carbons (Fsp3) is 0.550. The molecular weight excluding hydrogens is 350 g/mol. The molecule has 0 bridgehead atoms. The minimum absolute atomic E-state index is 0.0215. The van der Waals surface area contributed by atoms with Crippen molar-refractivity contribution in [3.8, 4) is 11.5 Å². The lowest BCUT2D eigenvalue weighted by molar-refractivity contribution is -0.148. The molecule has 1 aliphatic rings. The predicted molar refractivity (Wildman–Crippen MR) is 99.2 cm³/mol. The van der Waals surface area contributed by atoms with Crippen LogP contribution in [-0.4, -0.2) is 54.5 Å². The summed E-state index contributed by atoms with van der Waals surface area (Å²) in [4.78, 5) is 36.6. The number of aliphatic carboxylic acids is 1. The maximum atomic E-state index is 12.3. The first-order valence-electron chi connectivity index (χ1n) is 9.15. The highest BCUT2D eigenvalue weighted by molar-refractivity contribution is 5.94. The molecule has 1 N–H and O–H groups in total. The summed E-state index contributed by atoms with van der Waals surface area (Å²) in [5.41, 5.74) is 0.549. The minimum atomic E-state index is -0.785. The number of methoxy groups -OCH3 is 1. The second kappa shape index (κ2) is 9.39. The minimum Gasteiger partial charge on any atom is -0.493 e. The number of benzene rings is 1. The van der Waals surface area contributed by atoms with Gasteiger partial charge in [0.25, 0.3) is 0 Å². The first-order chi connectivity index (χ1) is 12.8. The first-order valence-corrected chi connectivity index (χ1v) is 9.15. The summed E-state index contributed by atoms with van der Waals surface area (Å²) in [6.45, 7) is 4.68. The smallest absolute Gasteiger partial charge is 0.306 e. The van der Waals surface area contributed by atoms with E-state index in [9.17, 15) is 14.4 Å². The van der Waals surface area contributed by atoms with Crippen LogP contribution >= 0.6 is 0 Å². The molecule has 1 fully saturated rings. The number of rotatable bonds is 8. The summed E-state index contributed by atoms with van der Waals surface area (Å²) in [6.07, 6.45) is 1.39. The van der Waals surface area contributed by atoms with E-state index in [1.54, 1.807) is 23.1 Å². The monoisotopic (exact) mass is 377 g/mol. The molecule has 1 aromatic rings. The van der Waals surface area contributed by atoms with Gasteiger partial charge in [0.05, 0.1) is 19.6 Å². The maximum Gasteiger partial charge on any atom is 0.306 e. The number of carbonyl (C=O) groups is 3. The average molecular weight is 377 g/mol. The zero-order chi connectivity index (χ0) is 20.0. The van der Waals surface area contributed by atoms with Crippen LogP contribution in [-0.2, 0) is 9.59 Å². The number of nitrogens with zero attached hydrogens (tertiary/aromatic N) is 1. The van der Waals surface area contributed by atoms with Crippen LogP contribution in [0.15, 0.2) is 18.2 Å². The van der Waals surface area contributed by atoms with E-state index >= 15 is 0 Å². The number of amides is 1. The van der Waals surface area contributed by atoms with Crippen molar-refractivity contribution in [2.24, 2.45) is 11.8 Å². The molecule has 7 heteroatoms. The van der Waals surface area contributed by atoms with Gasteiger partial charge in [-0.25, -0.2) is 0 Å². The Morgan fingerprint density at radius 3 is 2.59 bits per heavy atom. The zero-order valence-electron chi connectivity index (χ0n) is 16.1. The van der Waals surface area contributed by atoms with Crippen LogP contribution in [0, 0.1) is 11.8 Å². The third-order valence-corrected chi connectivity index (χ3v) is 4.94. The van der Waals surface area contributed by atoms with Gasteiger partial charge in [0, 0.05) is 25.1 Å². The number of carboxylic acid groups (broad SMARTS) is 1. The van der Waals surface area contributed by atoms with Crippen LogP contribution in [0.2, 0.25) is 0 Å². The van der Waals surface area contributed by atoms with Gasteiger partial charge >= 0.3 is 5.97 Å². The van der Waals surface area contributed by atoms with Crippen molar-refractivity contribution >= 4 is 17.7 Å². The van der Waals surface area contributed by atoms with Gasteiger partial charge in [0.15, 0.2) is 17.3 Å². The molecule has 1 aromatic carbocycles. The topological polar surface area (TPSA) is 93.1 Å². The lowest BCUT2D eigenvalue weighted by Gasteiger charge is -2.35. The molecule has 27 heavy (non-hydrogen) atoms. The fourth-order valence-corrected chi connectivity index (χ4v) is 3.31. The van der Waals surface area contributed by atoms with Gasteiger partial charge in [0.2, 0.25) is 5.91 Å². The third kappa shape index (κ3) is 5.45. The summed E-state index contributed by atoms with van der Waals surface area (Å²) in [5, 5.41) is 9.16. The highest BCUT2D eigenvalue weighted by atomic mass is 16.5. The summed E-state index contributed by atoms with van der Waals surface area (Å²) in [5.74, 6) is -0.208. The Bertz CT molecular complexity index is 702. The van der Waals surface area contributed by atoms with Gasteiger partial charge in [-0.15, -0.1) is 0 Å². The van der Waals surface area contributed by atoms with Gasteiger partial charge in [-0.05, 0) is 43.9 Å². The van der Waals surface area contributed by atoms with E-state index in [1.165, 1.54) is 14.0 Å². The van der Waals surface area contributed by atoms with Crippen molar-refractivity contribution in [3.05, 3.63) is 23.8 Å². The van der Waals surface area contributed by atoms with Gasteiger partial charge in [0.1, 0.15) is 0 Å². The Labute approximate surface area is 159 Å². The number of ether oxygens (including phenoxy) is 2. The van der Waals surface area contributed by atoms with Crippen LogP contribution in [0.5, 0.6) is 11.5 Å². The van der Waals surface area contributed by atoms with Crippen molar-refractivity contribution in [3.63, 3.8) is 0 Å². The Morgan fingerprint density at radius 2 is 2.00 bits per heavy atom. The zero-order valence-corrected chi connectivity index (χ0v) is 16.1. The molecule has 0 radical (unpaired) electrons. The predicted octanol–water partition coefficient (Wildman–Crippen LogP) is 2.63. The van der Waals surface area contributed by atoms with Crippen LogP contribution in [0.1, 0.15) is 43.5 Å². The molecule has 1 heterocycles. The van der Waals surface area contributed by atoms with E-state index in [-0.39, 0.29) is 23.5 Å². The Morgan fingerprint density at radius 1 is 1.26 bits per heavy atom. The lowest BCUT2D eigenvalue weighted by Crippen LogP contribution is -2.45. The fourth-order valence-electron chi connectivity index (χ4n) is 3.31. The summed E-state index contributed by atoms with van der Waals surface area (Å²) < 4.78 is 10.9. The van der Waals surface area contributed by atoms with E-state index in [4.69, 9.17) is 14.6 Å². The molecule has 0 spiro atoms. The number of hydrogen-bond donors (Lipinski definition) is 1. The van der Waals surface area contributed by atoms with Gasteiger partial charge in [-0.2, -0.15) is 0 Å². The standard InChI is InChI=1S/C20H27NO6/c1-13-12-21(9-8-16(13)20(24)25)19(23)5-4-10-27-17-7-6-15(14(2)22)11-18(17)26-3/h6-7,11,13,16H,4-5,8-10,12H2,1-3H3,(H,24,25). The number of carboxylic acids is 1. The van der Waals surface area contributed by atoms with Gasteiger partial charge in [-0.3, -0.25) is 14.4 Å². The van der Waals surface area contributed by atoms with Crippen molar-refractivity contribution in [2.45, 2.75) is 33.1 Å². The molecule has 0 aliphatic carbocycles. The summed E-state index contributed by atoms with van der Waals surface area (Å²) in [6, 6.07) is 5.01. The molecule has 2 atom stereocenters. The highest BCUT2D eigenvalue weighted by Crippen LogP contribution is 2.28. The second-order valence-corrected chi connectivity index (χ2v) is 6.92. The Kier molecular flexibility index (Phi) is 7.21. The van der Waals surface area contributed by atoms with Crippen LogP contribution in [0.4, 0.5) is 0 Å². The van der Waals surface area contributed by atoms with Crippen LogP contribution < -0.4 is 9.47 Å². The number of piperidine rings is 1. The number of Topliss-reactive ketones (excluding diaryl/α,β-unsaturated/α-hetero) is 1. The van der Waals surface area contributed by atoms with Gasteiger partial charge < -0.3 is 19.5 Å². The molecular formula is C20H27NO6. The SMILES string of the molecule is COc1cc(C(C)=O)ccc1OCCCC(=O)N1CCC(C(=O)O)C(C)C1. The molecule has 0 aromatic heterocycles. The Balaban J connectivity index is 1.79. The summed E-state index contributed by atoms with van der Waals surface area (Å²) >= 11 is 0. The quantitative estimate of drug-likeness (QED) is 0.553. The molecule has 1 aliphatic heterocycles. The van der Waals surface area contributed by atoms with E-state index < -0.39 is 5.97 Å². The van der Waals surface area contributed by atoms with Crippen molar-refractivity contribution in [1.82, 2.24) is 4.90 Å². The molecule has 1 saturated heterocycles. The molecule has 2 unspecified atom stereocenters. The van der Waals surface area contributed by atoms with E-state index in [1.807, 2.05) is 6.92 Å². The van der Waals surface area contributed by atoms with Gasteiger partial charge in [-0.1, -0.05) is 6.92 Å². The number of ketones is 1. The van der Waals surface area contributed by atoms with Crippen molar-refractivity contribution in [1.29, 1.82) is 0 Å². The Hall–Kier alpha value is -2.57. The van der Waals surface area contributed by atoms with E-state index in [0.29, 0.717) is 56.0 Å². The number of likely N-dealkylation sites (tertiary alicyclic amines) is 1. The van der Waals surface area contributed by atoms with Crippen molar-refractivity contribution < 1.29 is 29.0 Å². The average Bonchev–Trinajstić information content (AvgIpc) is 2.64. The molecule has 7 nitrogen and oxygen atoms in total. The lowest BCUT2D eigenvalue weighted by atomic mass is 9.87. The van der Waals surface area contributed by atoms with E-state index in [2.05, 4.69) is 0 Å². The third-order valence-electron chi connectivity index (χ3n) is 4.94. The highest BCUT2D eigenvalue weighted by Gasteiger charge is 2.32. The largest absolute Gasteiger partial charge is 0.493 e.